The minimum atomic E-state index is -4.37. The molecule has 1 aromatic rings. The summed E-state index contributed by atoms with van der Waals surface area (Å²) in [6.45, 7) is 3.18. The second kappa shape index (κ2) is 7.59. The maximum atomic E-state index is 12.8. The van der Waals surface area contributed by atoms with Gasteiger partial charge in [0.05, 0.1) is 24.5 Å². The van der Waals surface area contributed by atoms with Gasteiger partial charge in [-0.2, -0.15) is 13.2 Å². The molecule has 0 aliphatic carbocycles. The van der Waals surface area contributed by atoms with Crippen molar-refractivity contribution in [1.29, 1.82) is 0 Å². The maximum Gasteiger partial charge on any atom is 0.416 e. The summed E-state index contributed by atoms with van der Waals surface area (Å²) in [6.07, 6.45) is -2.96. The van der Waals surface area contributed by atoms with Crippen LogP contribution in [0.2, 0.25) is 0 Å². The Hall–Kier alpha value is -1.84. The fourth-order valence-corrected chi connectivity index (χ4v) is 2.84. The van der Waals surface area contributed by atoms with Crippen molar-refractivity contribution in [3.05, 3.63) is 41.5 Å². The van der Waals surface area contributed by atoms with Crippen LogP contribution in [0, 0.1) is 0 Å². The van der Waals surface area contributed by atoms with Crippen LogP contribution in [-0.2, 0) is 15.8 Å². The van der Waals surface area contributed by atoms with Gasteiger partial charge in [0.25, 0.3) is 0 Å². The third-order valence-corrected chi connectivity index (χ3v) is 4.33. The Kier molecular flexibility index (Phi) is 5.45. The van der Waals surface area contributed by atoms with Gasteiger partial charge in [0, 0.05) is 25.2 Å². The quantitative estimate of drug-likeness (QED) is 0.792. The lowest BCUT2D eigenvalue weighted by molar-refractivity contribution is -0.137. The Labute approximate surface area is 148 Å². The Morgan fingerprint density at radius 1 is 1.32 bits per heavy atom. The molecule has 2 heterocycles. The van der Waals surface area contributed by atoms with Gasteiger partial charge in [0.1, 0.15) is 6.10 Å². The van der Waals surface area contributed by atoms with Gasteiger partial charge >= 0.3 is 6.18 Å². The lowest BCUT2D eigenvalue weighted by Gasteiger charge is -2.29. The molecule has 0 saturated carbocycles. The van der Waals surface area contributed by atoms with Crippen molar-refractivity contribution in [2.24, 2.45) is 0 Å². The molecule has 1 fully saturated rings. The molecule has 2 N–H and O–H groups in total. The zero-order valence-electron chi connectivity index (χ0n) is 13.3. The first-order valence-corrected chi connectivity index (χ1v) is 8.26. The fourth-order valence-electron chi connectivity index (χ4n) is 2.58. The first kappa shape index (κ1) is 18.0. The van der Waals surface area contributed by atoms with E-state index >= 15 is 0 Å². The lowest BCUT2D eigenvalue weighted by atomic mass is 10.1. The van der Waals surface area contributed by atoms with Crippen LogP contribution in [0.3, 0.4) is 0 Å². The van der Waals surface area contributed by atoms with Crippen molar-refractivity contribution in [2.75, 3.05) is 32.8 Å². The van der Waals surface area contributed by atoms with E-state index in [1.54, 1.807) is 12.1 Å². The highest BCUT2D eigenvalue weighted by Crippen LogP contribution is 2.31. The molecule has 0 aromatic heterocycles. The summed E-state index contributed by atoms with van der Waals surface area (Å²) in [5.74, 6) is 0. The van der Waals surface area contributed by atoms with Crippen LogP contribution in [0.5, 0.6) is 0 Å². The van der Waals surface area contributed by atoms with Crippen LogP contribution in [0.25, 0.3) is 5.70 Å². The molecule has 136 valence electrons. The van der Waals surface area contributed by atoms with E-state index in [9.17, 15) is 13.2 Å². The number of hydrogen-bond donors (Lipinski definition) is 2. The molecule has 2 aliphatic heterocycles. The zero-order chi connectivity index (χ0) is 17.9. The molecule has 3 rings (SSSR count). The van der Waals surface area contributed by atoms with E-state index in [4.69, 9.17) is 21.8 Å². The second-order valence-electron chi connectivity index (χ2n) is 5.70. The van der Waals surface area contributed by atoms with E-state index in [2.05, 4.69) is 10.8 Å². The van der Waals surface area contributed by atoms with Gasteiger partial charge in [-0.3, -0.25) is 10.3 Å². The average molecular weight is 373 g/mol. The Balaban J connectivity index is 1.58. The number of halogens is 3. The molecule has 0 spiro atoms. The van der Waals surface area contributed by atoms with Crippen molar-refractivity contribution in [2.45, 2.75) is 12.3 Å². The molecule has 0 amide bonds. The number of hydrogen-bond acceptors (Lipinski definition) is 4. The predicted molar refractivity (Wildman–Crippen MR) is 90.4 cm³/mol. The van der Waals surface area contributed by atoms with Crippen LogP contribution >= 0.6 is 12.2 Å². The number of hydroxylamine groups is 1. The summed E-state index contributed by atoms with van der Waals surface area (Å²) in [4.78, 5) is 7.41. The number of ether oxygens (including phenoxy) is 1. The minimum absolute atomic E-state index is 0.330. The molecule has 1 atom stereocenters. The van der Waals surface area contributed by atoms with Gasteiger partial charge < -0.3 is 15.0 Å². The normalized spacial score (nSPS) is 20.8. The molecule has 0 radical (unpaired) electrons. The van der Waals surface area contributed by atoms with Crippen LogP contribution in [0.15, 0.2) is 30.3 Å². The number of rotatable bonds is 3. The van der Waals surface area contributed by atoms with Crippen LogP contribution in [0.1, 0.15) is 11.1 Å². The van der Waals surface area contributed by atoms with Crippen molar-refractivity contribution >= 4 is 23.0 Å². The Bertz CT molecular complexity index is 660. The van der Waals surface area contributed by atoms with Gasteiger partial charge in [-0.1, -0.05) is 12.1 Å². The monoisotopic (exact) mass is 373 g/mol. The zero-order valence-corrected chi connectivity index (χ0v) is 14.1. The molecular formula is C16H18F3N3O2S. The molecule has 2 aliphatic rings. The van der Waals surface area contributed by atoms with Crippen LogP contribution < -0.4 is 10.8 Å². The van der Waals surface area contributed by atoms with E-state index in [1.165, 1.54) is 6.07 Å². The smallest absolute Gasteiger partial charge is 0.378 e. The standard InChI is InChI=1S/C16H18F3N3O2S/c17-16(18,19)12-3-1-2-11(8-12)14-9-13(24-21-14)10-20-15(25)22-4-6-23-7-5-22/h1-3,8-9,13,21H,4-7,10H2,(H,20,25). The molecule has 9 heteroatoms. The Morgan fingerprint density at radius 3 is 2.80 bits per heavy atom. The highest BCUT2D eigenvalue weighted by molar-refractivity contribution is 7.80. The number of benzene rings is 1. The minimum Gasteiger partial charge on any atom is -0.378 e. The van der Waals surface area contributed by atoms with Gasteiger partial charge in [-0.25, -0.2) is 0 Å². The second-order valence-corrected chi connectivity index (χ2v) is 6.09. The summed E-state index contributed by atoms with van der Waals surface area (Å²) < 4.78 is 43.7. The van der Waals surface area contributed by atoms with Crippen molar-refractivity contribution in [3.63, 3.8) is 0 Å². The third-order valence-electron chi connectivity index (χ3n) is 3.93. The lowest BCUT2D eigenvalue weighted by Crippen LogP contribution is -2.47. The third kappa shape index (κ3) is 4.62. The number of alkyl halides is 3. The van der Waals surface area contributed by atoms with E-state index in [-0.39, 0.29) is 6.10 Å². The van der Waals surface area contributed by atoms with Crippen molar-refractivity contribution < 1.29 is 22.7 Å². The summed E-state index contributed by atoms with van der Waals surface area (Å²) in [7, 11) is 0. The predicted octanol–water partition coefficient (Wildman–Crippen LogP) is 2.16. The molecule has 1 aromatic carbocycles. The highest BCUT2D eigenvalue weighted by Gasteiger charge is 2.31. The van der Waals surface area contributed by atoms with E-state index < -0.39 is 11.7 Å². The summed E-state index contributed by atoms with van der Waals surface area (Å²) >= 11 is 5.33. The SMILES string of the molecule is FC(F)(F)c1cccc(C2=CC(CNC(=S)N3CCOCC3)ON2)c1. The number of nitrogens with zero attached hydrogens (tertiary/aromatic N) is 1. The molecule has 1 unspecified atom stereocenters. The number of nitrogens with one attached hydrogen (secondary N) is 2. The molecular weight excluding hydrogens is 355 g/mol. The number of thiocarbonyl (C=S) groups is 1. The van der Waals surface area contributed by atoms with E-state index in [1.807, 2.05) is 4.90 Å². The van der Waals surface area contributed by atoms with Crippen LogP contribution in [-0.4, -0.2) is 49.0 Å². The largest absolute Gasteiger partial charge is 0.416 e. The maximum absolute atomic E-state index is 12.8. The molecule has 1 saturated heterocycles. The molecule has 25 heavy (non-hydrogen) atoms. The molecule has 0 bridgehead atoms. The average Bonchev–Trinajstić information content (AvgIpc) is 3.09. The van der Waals surface area contributed by atoms with Crippen molar-refractivity contribution in [3.8, 4) is 0 Å². The van der Waals surface area contributed by atoms with Gasteiger partial charge in [-0.15, -0.1) is 0 Å². The molecule has 5 nitrogen and oxygen atoms in total. The van der Waals surface area contributed by atoms with Gasteiger partial charge in [0.15, 0.2) is 5.11 Å². The van der Waals surface area contributed by atoms with Gasteiger partial charge in [-0.05, 0) is 30.4 Å². The van der Waals surface area contributed by atoms with E-state index in [0.717, 1.165) is 25.2 Å². The van der Waals surface area contributed by atoms with Crippen molar-refractivity contribution in [1.82, 2.24) is 15.7 Å². The first-order chi connectivity index (χ1) is 11.9. The summed E-state index contributed by atoms with van der Waals surface area (Å²) in [6, 6.07) is 5.11. The van der Waals surface area contributed by atoms with Crippen LogP contribution in [0.4, 0.5) is 13.2 Å². The fraction of sp³-hybridized carbons (Fsp3) is 0.438. The summed E-state index contributed by atoms with van der Waals surface area (Å²) in [5, 5.41) is 3.73. The number of morpholine rings is 1. The highest BCUT2D eigenvalue weighted by atomic mass is 32.1. The van der Waals surface area contributed by atoms with E-state index in [0.29, 0.717) is 36.1 Å². The first-order valence-electron chi connectivity index (χ1n) is 7.85. The summed E-state index contributed by atoms with van der Waals surface area (Å²) in [5.41, 5.74) is 2.92. The Morgan fingerprint density at radius 2 is 2.08 bits per heavy atom. The van der Waals surface area contributed by atoms with Gasteiger partial charge in [0.2, 0.25) is 0 Å². The topological polar surface area (TPSA) is 45.8 Å².